The third-order valence-electron chi connectivity index (χ3n) is 6.52. The molecule has 3 heterocycles. The number of pyridine rings is 1. The Hall–Kier alpha value is -3.55. The van der Waals surface area contributed by atoms with Gasteiger partial charge in [0.25, 0.3) is 5.91 Å². The maximum absolute atomic E-state index is 13.1. The molecule has 2 atom stereocenters. The van der Waals surface area contributed by atoms with Crippen molar-refractivity contribution in [3.63, 3.8) is 0 Å². The van der Waals surface area contributed by atoms with Crippen LogP contribution in [0.3, 0.4) is 0 Å². The van der Waals surface area contributed by atoms with E-state index in [9.17, 15) is 24.2 Å². The number of hydrogen-bond donors (Lipinski definition) is 3. The number of carbonyl (C=O) groups excluding carboxylic acids is 2. The molecule has 2 aliphatic rings. The second kappa shape index (κ2) is 13.0. The summed E-state index contributed by atoms with van der Waals surface area (Å²) < 4.78 is 13.1. The lowest BCUT2D eigenvalue weighted by atomic mass is 9.96. The summed E-state index contributed by atoms with van der Waals surface area (Å²) >= 11 is 0. The number of rotatable bonds is 6. The van der Waals surface area contributed by atoms with Crippen molar-refractivity contribution in [1.29, 1.82) is 5.26 Å². The second-order valence-corrected chi connectivity index (χ2v) is 9.03. The van der Waals surface area contributed by atoms with Gasteiger partial charge in [0.05, 0.1) is 29.6 Å². The molecule has 2 aliphatic heterocycles. The fourth-order valence-corrected chi connectivity index (χ4v) is 4.40. The van der Waals surface area contributed by atoms with Gasteiger partial charge < -0.3 is 25.3 Å². The predicted octanol–water partition coefficient (Wildman–Crippen LogP) is 1.37. The summed E-state index contributed by atoms with van der Waals surface area (Å²) in [5, 5.41) is 30.5. The van der Waals surface area contributed by atoms with Crippen LogP contribution in [0.5, 0.6) is 0 Å². The molecular weight excluding hydrogens is 465 g/mol. The number of fused-ring (bicyclic) bond motifs is 1. The maximum atomic E-state index is 13.1. The van der Waals surface area contributed by atoms with E-state index in [1.807, 2.05) is 18.2 Å². The van der Waals surface area contributed by atoms with Crippen LogP contribution in [0.25, 0.3) is 0 Å². The summed E-state index contributed by atoms with van der Waals surface area (Å²) in [6.45, 7) is 4.71. The van der Waals surface area contributed by atoms with E-state index in [1.165, 1.54) is 24.0 Å². The zero-order chi connectivity index (χ0) is 26.1. The van der Waals surface area contributed by atoms with E-state index in [1.54, 1.807) is 12.3 Å². The number of piperidine rings is 1. The average molecular weight is 498 g/mol. The zero-order valence-corrected chi connectivity index (χ0v) is 20.3. The van der Waals surface area contributed by atoms with Crippen molar-refractivity contribution < 1.29 is 24.2 Å². The number of anilines is 1. The van der Waals surface area contributed by atoms with Crippen LogP contribution in [0.4, 0.5) is 10.1 Å². The highest BCUT2D eigenvalue weighted by Gasteiger charge is 2.29. The molecule has 0 spiro atoms. The minimum Gasteiger partial charge on any atom is -0.390 e. The summed E-state index contributed by atoms with van der Waals surface area (Å²) in [6.07, 6.45) is 2.68. The first-order valence-corrected chi connectivity index (χ1v) is 12.0. The van der Waals surface area contributed by atoms with Gasteiger partial charge in [-0.3, -0.25) is 14.6 Å². The van der Waals surface area contributed by atoms with Gasteiger partial charge in [0.2, 0.25) is 6.41 Å². The van der Waals surface area contributed by atoms with Gasteiger partial charge in [0, 0.05) is 32.4 Å². The van der Waals surface area contributed by atoms with E-state index in [4.69, 9.17) is 5.26 Å². The van der Waals surface area contributed by atoms with Gasteiger partial charge in [-0.15, -0.1) is 0 Å². The lowest BCUT2D eigenvalue weighted by Gasteiger charge is -2.34. The van der Waals surface area contributed by atoms with Crippen LogP contribution in [0.15, 0.2) is 36.5 Å². The Morgan fingerprint density at radius 3 is 2.72 bits per heavy atom. The highest BCUT2D eigenvalue weighted by molar-refractivity contribution is 5.81. The number of hydrogen-bond acceptors (Lipinski definition) is 7. The monoisotopic (exact) mass is 497 g/mol. The Morgan fingerprint density at radius 1 is 1.31 bits per heavy atom. The van der Waals surface area contributed by atoms with Crippen LogP contribution in [-0.2, 0) is 22.6 Å². The van der Waals surface area contributed by atoms with E-state index >= 15 is 0 Å². The van der Waals surface area contributed by atoms with Crippen LogP contribution in [-0.4, -0.2) is 70.8 Å². The minimum atomic E-state index is -1.35. The first kappa shape index (κ1) is 27.0. The Bertz CT molecular complexity index is 1080. The summed E-state index contributed by atoms with van der Waals surface area (Å²) in [7, 11) is 0. The van der Waals surface area contributed by atoms with Gasteiger partial charge in [-0.25, -0.2) is 4.39 Å². The smallest absolute Gasteiger partial charge is 0.254 e. The van der Waals surface area contributed by atoms with Crippen LogP contribution in [0, 0.1) is 23.1 Å². The molecule has 2 aromatic rings. The molecule has 9 nitrogen and oxygen atoms in total. The zero-order valence-electron chi connectivity index (χ0n) is 20.3. The molecular formula is C26H32FN5O4. The molecule has 0 radical (unpaired) electrons. The van der Waals surface area contributed by atoms with Crippen molar-refractivity contribution in [2.45, 2.75) is 44.9 Å². The average Bonchev–Trinajstić information content (AvgIpc) is 2.91. The Kier molecular flexibility index (Phi) is 9.73. The topological polar surface area (TPSA) is 130 Å². The van der Waals surface area contributed by atoms with Crippen molar-refractivity contribution in [2.75, 3.05) is 31.1 Å². The number of halogens is 1. The Balaban J connectivity index is 0.000000202. The predicted molar refractivity (Wildman–Crippen MR) is 131 cm³/mol. The number of aliphatic hydroxyl groups excluding tert-OH is 2. The van der Waals surface area contributed by atoms with Gasteiger partial charge in [-0.1, -0.05) is 6.07 Å². The third-order valence-corrected chi connectivity index (χ3v) is 6.52. The van der Waals surface area contributed by atoms with Gasteiger partial charge in [0.15, 0.2) is 6.10 Å². The van der Waals surface area contributed by atoms with Gasteiger partial charge in [0.1, 0.15) is 11.9 Å². The standard InChI is InChI=1S/C14H16FN3O.C12H16N2O3/c15-13-1-2-14(12(7-13)8-16)18-5-3-11(4-6-18)9-17-10-19;1-8(15)11(16)12(17)14-6-4-9-3-2-5-13-10(9)7-14/h1-2,7,10-11H,3-6,9H2,(H,17,19);2-3,5,8,11,15-16H,4,6-7H2,1H3/t;8-,11+/m.0/s1. The Labute approximate surface area is 210 Å². The van der Waals surface area contributed by atoms with Crippen molar-refractivity contribution in [1.82, 2.24) is 15.2 Å². The van der Waals surface area contributed by atoms with Gasteiger partial charge in [-0.2, -0.15) is 5.26 Å². The van der Waals surface area contributed by atoms with E-state index in [0.29, 0.717) is 31.1 Å². The third kappa shape index (κ3) is 6.99. The highest BCUT2D eigenvalue weighted by atomic mass is 19.1. The molecule has 192 valence electrons. The molecule has 10 heteroatoms. The number of carbonyl (C=O) groups is 2. The van der Waals surface area contributed by atoms with Gasteiger partial charge in [-0.05, 0) is 61.9 Å². The van der Waals surface area contributed by atoms with Crippen LogP contribution < -0.4 is 10.2 Å². The van der Waals surface area contributed by atoms with Crippen molar-refractivity contribution in [3.05, 3.63) is 59.2 Å². The fourth-order valence-electron chi connectivity index (χ4n) is 4.40. The molecule has 1 aromatic carbocycles. The van der Waals surface area contributed by atoms with Crippen molar-refractivity contribution in [3.8, 4) is 6.07 Å². The minimum absolute atomic E-state index is 0.379. The molecule has 0 unspecified atom stereocenters. The SMILES string of the molecule is C[C@H](O)[C@@H](O)C(=O)N1CCc2cccnc2C1.N#Cc1cc(F)ccc1N1CCC(CNC=O)CC1. The lowest BCUT2D eigenvalue weighted by molar-refractivity contribution is -0.146. The normalized spacial score (nSPS) is 17.1. The lowest BCUT2D eigenvalue weighted by Crippen LogP contribution is -2.46. The summed E-state index contributed by atoms with van der Waals surface area (Å²) in [6, 6.07) is 10.2. The molecule has 2 amide bonds. The van der Waals surface area contributed by atoms with E-state index in [0.717, 1.165) is 55.7 Å². The number of amides is 2. The number of benzene rings is 1. The summed E-state index contributed by atoms with van der Waals surface area (Å²) in [4.78, 5) is 30.0. The molecule has 0 bridgehead atoms. The number of aliphatic hydroxyl groups is 2. The largest absolute Gasteiger partial charge is 0.390 e. The molecule has 36 heavy (non-hydrogen) atoms. The quantitative estimate of drug-likeness (QED) is 0.514. The number of nitrogens with zero attached hydrogens (tertiary/aromatic N) is 4. The fraction of sp³-hybridized carbons (Fsp3) is 0.462. The Morgan fingerprint density at radius 2 is 2.06 bits per heavy atom. The number of nitriles is 1. The molecule has 0 saturated carbocycles. The van der Waals surface area contributed by atoms with E-state index in [2.05, 4.69) is 15.2 Å². The molecule has 0 aliphatic carbocycles. The summed E-state index contributed by atoms with van der Waals surface area (Å²) in [5.41, 5.74) is 3.18. The molecule has 1 saturated heterocycles. The van der Waals surface area contributed by atoms with Crippen LogP contribution in [0.2, 0.25) is 0 Å². The van der Waals surface area contributed by atoms with Crippen LogP contribution in [0.1, 0.15) is 36.6 Å². The number of aromatic nitrogens is 1. The summed E-state index contributed by atoms with van der Waals surface area (Å²) in [5.74, 6) is -0.339. The van der Waals surface area contributed by atoms with Crippen molar-refractivity contribution in [2.24, 2.45) is 5.92 Å². The van der Waals surface area contributed by atoms with E-state index in [-0.39, 0.29) is 5.82 Å². The molecule has 1 fully saturated rings. The molecule has 1 aromatic heterocycles. The van der Waals surface area contributed by atoms with E-state index < -0.39 is 18.1 Å². The highest BCUT2D eigenvalue weighted by Crippen LogP contribution is 2.26. The first-order chi connectivity index (χ1) is 17.3. The second-order valence-electron chi connectivity index (χ2n) is 9.03. The first-order valence-electron chi connectivity index (χ1n) is 12.0. The molecule has 3 N–H and O–H groups in total. The van der Waals surface area contributed by atoms with Crippen molar-refractivity contribution >= 4 is 18.0 Å². The maximum Gasteiger partial charge on any atom is 0.254 e. The van der Waals surface area contributed by atoms with Gasteiger partial charge >= 0.3 is 0 Å². The molecule has 4 rings (SSSR count). The van der Waals surface area contributed by atoms with Crippen LogP contribution >= 0.6 is 0 Å². The number of nitrogens with one attached hydrogen (secondary N) is 1.